The van der Waals surface area contributed by atoms with E-state index in [1.54, 1.807) is 11.3 Å². The van der Waals surface area contributed by atoms with E-state index in [9.17, 15) is 4.79 Å². The van der Waals surface area contributed by atoms with Crippen LogP contribution in [0, 0.1) is 5.41 Å². The van der Waals surface area contributed by atoms with E-state index in [-0.39, 0.29) is 5.91 Å². The normalized spacial score (nSPS) is 20.2. The molecule has 0 radical (unpaired) electrons. The third kappa shape index (κ3) is 3.25. The van der Waals surface area contributed by atoms with Gasteiger partial charge in [-0.15, -0.1) is 0 Å². The van der Waals surface area contributed by atoms with Crippen molar-refractivity contribution in [2.24, 2.45) is 5.41 Å². The van der Waals surface area contributed by atoms with Crippen LogP contribution in [0.5, 0.6) is 0 Å². The molecule has 1 N–H and O–H groups in total. The van der Waals surface area contributed by atoms with Gasteiger partial charge in [0.25, 0.3) is 5.91 Å². The minimum absolute atomic E-state index is 0.103. The maximum absolute atomic E-state index is 13.4. The van der Waals surface area contributed by atoms with E-state index in [0.717, 1.165) is 37.9 Å². The Kier molecular flexibility index (Phi) is 4.49. The zero-order valence-electron chi connectivity index (χ0n) is 15.5. The van der Waals surface area contributed by atoms with Crippen molar-refractivity contribution >= 4 is 17.2 Å². The lowest BCUT2D eigenvalue weighted by molar-refractivity contribution is 0.0692. The molecular formula is C21H22N4O2S. The van der Waals surface area contributed by atoms with Crippen molar-refractivity contribution in [1.82, 2.24) is 20.4 Å². The number of amides is 1. The summed E-state index contributed by atoms with van der Waals surface area (Å²) in [4.78, 5) is 19.6. The third-order valence-electron chi connectivity index (χ3n) is 6.07. The molecule has 1 spiro atoms. The number of aromatic nitrogens is 2. The van der Waals surface area contributed by atoms with Crippen LogP contribution in [-0.4, -0.2) is 40.1 Å². The molecule has 1 unspecified atom stereocenters. The van der Waals surface area contributed by atoms with Crippen molar-refractivity contribution in [2.75, 3.05) is 13.1 Å². The third-order valence-corrected chi connectivity index (χ3v) is 6.80. The first-order valence-corrected chi connectivity index (χ1v) is 10.6. The van der Waals surface area contributed by atoms with E-state index in [4.69, 9.17) is 4.52 Å². The quantitative estimate of drug-likeness (QED) is 0.716. The molecule has 1 aromatic carbocycles. The van der Waals surface area contributed by atoms with Crippen LogP contribution in [-0.2, 0) is 6.54 Å². The van der Waals surface area contributed by atoms with Crippen molar-refractivity contribution < 1.29 is 9.32 Å². The zero-order chi connectivity index (χ0) is 19.0. The van der Waals surface area contributed by atoms with E-state index in [0.29, 0.717) is 29.4 Å². The van der Waals surface area contributed by atoms with Crippen molar-refractivity contribution in [3.8, 4) is 11.4 Å². The SMILES string of the molecule is O=C(c1ccc(-c2ncon2)cc1)N(Cc1ccsc1)C1CC12CCNCC2. The first-order valence-electron chi connectivity index (χ1n) is 9.65. The molecule has 6 nitrogen and oxygen atoms in total. The van der Waals surface area contributed by atoms with Gasteiger partial charge in [0.15, 0.2) is 0 Å². The Labute approximate surface area is 167 Å². The van der Waals surface area contributed by atoms with E-state index in [1.807, 2.05) is 24.3 Å². The van der Waals surface area contributed by atoms with Crippen LogP contribution in [0.4, 0.5) is 0 Å². The van der Waals surface area contributed by atoms with Crippen molar-refractivity contribution in [2.45, 2.75) is 31.8 Å². The smallest absolute Gasteiger partial charge is 0.254 e. The van der Waals surface area contributed by atoms with Crippen LogP contribution >= 0.6 is 11.3 Å². The molecule has 1 aliphatic heterocycles. The number of nitrogens with zero attached hydrogens (tertiary/aromatic N) is 3. The lowest BCUT2D eigenvalue weighted by Crippen LogP contribution is -2.39. The Balaban J connectivity index is 1.39. The molecule has 1 aliphatic carbocycles. The number of hydrogen-bond acceptors (Lipinski definition) is 6. The molecule has 2 fully saturated rings. The summed E-state index contributed by atoms with van der Waals surface area (Å²) in [7, 11) is 0. The number of rotatable bonds is 5. The van der Waals surface area contributed by atoms with Gasteiger partial charge in [-0.25, -0.2) is 0 Å². The number of nitrogens with one attached hydrogen (secondary N) is 1. The molecule has 7 heteroatoms. The molecule has 3 heterocycles. The van der Waals surface area contributed by atoms with Crippen LogP contribution in [0.25, 0.3) is 11.4 Å². The second-order valence-electron chi connectivity index (χ2n) is 7.73. The average molecular weight is 395 g/mol. The highest BCUT2D eigenvalue weighted by molar-refractivity contribution is 7.07. The van der Waals surface area contributed by atoms with E-state index >= 15 is 0 Å². The monoisotopic (exact) mass is 394 g/mol. The maximum Gasteiger partial charge on any atom is 0.254 e. The molecule has 2 aliphatic rings. The van der Waals surface area contributed by atoms with E-state index in [2.05, 4.69) is 37.2 Å². The van der Waals surface area contributed by atoms with Gasteiger partial charge >= 0.3 is 0 Å². The molecule has 1 saturated carbocycles. The van der Waals surface area contributed by atoms with Gasteiger partial charge in [0, 0.05) is 23.7 Å². The second-order valence-corrected chi connectivity index (χ2v) is 8.51. The van der Waals surface area contributed by atoms with Gasteiger partial charge in [0.1, 0.15) is 0 Å². The Morgan fingerprint density at radius 3 is 2.75 bits per heavy atom. The summed E-state index contributed by atoms with van der Waals surface area (Å²) in [6, 6.07) is 9.95. The lowest BCUT2D eigenvalue weighted by atomic mass is 9.93. The molecule has 1 saturated heterocycles. The maximum atomic E-state index is 13.4. The number of carbonyl (C=O) groups is 1. The van der Waals surface area contributed by atoms with Gasteiger partial charge < -0.3 is 14.7 Å². The molecular weight excluding hydrogens is 372 g/mol. The molecule has 5 rings (SSSR count). The Hall–Kier alpha value is -2.51. The van der Waals surface area contributed by atoms with Gasteiger partial charge in [-0.1, -0.05) is 17.3 Å². The minimum atomic E-state index is 0.103. The highest BCUT2D eigenvalue weighted by Gasteiger charge is 2.57. The van der Waals surface area contributed by atoms with Crippen LogP contribution in [0.15, 0.2) is 52.0 Å². The number of hydrogen-bond donors (Lipinski definition) is 1. The summed E-state index contributed by atoms with van der Waals surface area (Å²) >= 11 is 1.68. The fourth-order valence-corrected chi connectivity index (χ4v) is 5.02. The largest absolute Gasteiger partial charge is 0.342 e. The summed E-state index contributed by atoms with van der Waals surface area (Å²) in [5.41, 5.74) is 3.06. The number of carbonyl (C=O) groups excluding carboxylic acids is 1. The zero-order valence-corrected chi connectivity index (χ0v) is 16.3. The van der Waals surface area contributed by atoms with Gasteiger partial charge in [0.2, 0.25) is 12.2 Å². The fourth-order valence-electron chi connectivity index (χ4n) is 4.36. The standard InChI is InChI=1S/C21H22N4O2S/c26-20(17-3-1-16(2-4-17)19-23-14-27-24-19)25(12-15-5-10-28-13-15)18-11-21(18)6-8-22-9-7-21/h1-5,10,13-14,18,22H,6-9,11-12H2. The number of benzene rings is 1. The summed E-state index contributed by atoms with van der Waals surface area (Å²) in [5, 5.41) is 11.5. The fraction of sp³-hybridized carbons (Fsp3) is 0.381. The van der Waals surface area contributed by atoms with Crippen LogP contribution in [0.1, 0.15) is 35.2 Å². The van der Waals surface area contributed by atoms with Crippen molar-refractivity contribution in [3.05, 3.63) is 58.6 Å². The molecule has 1 atom stereocenters. The first kappa shape index (κ1) is 17.6. The Morgan fingerprint density at radius 2 is 2.07 bits per heavy atom. The number of thiophene rings is 1. The highest BCUT2D eigenvalue weighted by atomic mass is 32.1. The van der Waals surface area contributed by atoms with Gasteiger partial charge in [-0.2, -0.15) is 16.3 Å². The van der Waals surface area contributed by atoms with Crippen LogP contribution < -0.4 is 5.32 Å². The second kappa shape index (κ2) is 7.14. The molecule has 0 bridgehead atoms. The number of piperidine rings is 1. The summed E-state index contributed by atoms with van der Waals surface area (Å²) in [6.07, 6.45) is 4.73. The van der Waals surface area contributed by atoms with E-state index < -0.39 is 0 Å². The van der Waals surface area contributed by atoms with Gasteiger partial charge in [-0.3, -0.25) is 4.79 Å². The molecule has 144 valence electrons. The summed E-state index contributed by atoms with van der Waals surface area (Å²) in [6.45, 7) is 2.78. The Bertz CT molecular complexity index is 931. The molecule has 3 aromatic rings. The average Bonchev–Trinajstić information content (AvgIpc) is 3.18. The molecule has 1 amide bonds. The topological polar surface area (TPSA) is 71.3 Å². The summed E-state index contributed by atoms with van der Waals surface area (Å²) in [5.74, 6) is 0.635. The molecule has 2 aromatic heterocycles. The van der Waals surface area contributed by atoms with Gasteiger partial charge in [0.05, 0.1) is 0 Å². The van der Waals surface area contributed by atoms with Crippen LogP contribution in [0.2, 0.25) is 0 Å². The highest BCUT2D eigenvalue weighted by Crippen LogP contribution is 2.56. The minimum Gasteiger partial charge on any atom is -0.342 e. The van der Waals surface area contributed by atoms with E-state index in [1.165, 1.54) is 12.0 Å². The summed E-state index contributed by atoms with van der Waals surface area (Å²) < 4.78 is 4.81. The predicted molar refractivity (Wildman–Crippen MR) is 107 cm³/mol. The van der Waals surface area contributed by atoms with Crippen molar-refractivity contribution in [1.29, 1.82) is 0 Å². The van der Waals surface area contributed by atoms with Crippen molar-refractivity contribution in [3.63, 3.8) is 0 Å². The predicted octanol–water partition coefficient (Wildman–Crippen LogP) is 3.58. The van der Waals surface area contributed by atoms with Gasteiger partial charge in [-0.05, 0) is 72.3 Å². The Morgan fingerprint density at radius 1 is 1.25 bits per heavy atom. The molecule has 28 heavy (non-hydrogen) atoms. The lowest BCUT2D eigenvalue weighted by Gasteiger charge is -2.29. The van der Waals surface area contributed by atoms with Crippen LogP contribution in [0.3, 0.4) is 0 Å². The first-order chi connectivity index (χ1) is 13.8.